The molecule has 0 saturated heterocycles. The summed E-state index contributed by atoms with van der Waals surface area (Å²) in [6, 6.07) is 0.904. The van der Waals surface area contributed by atoms with Crippen LogP contribution < -0.4 is 0 Å². The normalized spacial score (nSPS) is 11.8. The molecule has 0 unspecified atom stereocenters. The summed E-state index contributed by atoms with van der Waals surface area (Å²) >= 11 is 5.41. The van der Waals surface area contributed by atoms with Gasteiger partial charge in [-0.2, -0.15) is 13.2 Å². The summed E-state index contributed by atoms with van der Waals surface area (Å²) in [5.74, 6) is 0. The third-order valence-corrected chi connectivity index (χ3v) is 1.83. The number of nitrogens with zero attached hydrogens (tertiary/aromatic N) is 1. The number of halogens is 4. The van der Waals surface area contributed by atoms with Gasteiger partial charge in [-0.25, -0.2) is 4.98 Å². The molecule has 1 aromatic heterocycles. The maximum atomic E-state index is 12.1. The Labute approximate surface area is 72.2 Å². The molecule has 12 heavy (non-hydrogen) atoms. The minimum Gasteiger partial charge on any atom is -0.244 e. The van der Waals surface area contributed by atoms with Crippen LogP contribution in [0.5, 0.6) is 0 Å². The molecule has 0 saturated carbocycles. The molecule has 0 amide bonds. The second-order valence-electron chi connectivity index (χ2n) is 2.27. The molecule has 0 aliphatic rings. The van der Waals surface area contributed by atoms with E-state index in [4.69, 9.17) is 11.6 Å². The Hall–Kier alpha value is -0.770. The van der Waals surface area contributed by atoms with Crippen molar-refractivity contribution in [2.75, 3.05) is 0 Å². The first-order valence-electron chi connectivity index (χ1n) is 3.11. The fraction of sp³-hybridized carbons (Fsp3) is 0.286. The van der Waals surface area contributed by atoms with E-state index in [1.165, 1.54) is 6.92 Å². The molecule has 0 radical (unpaired) electrons. The highest BCUT2D eigenvalue weighted by Crippen LogP contribution is 2.33. The second kappa shape index (κ2) is 2.94. The maximum Gasteiger partial charge on any atom is 0.416 e. The van der Waals surface area contributed by atoms with Crippen LogP contribution in [0.25, 0.3) is 0 Å². The van der Waals surface area contributed by atoms with Crippen molar-refractivity contribution in [2.24, 2.45) is 0 Å². The van der Waals surface area contributed by atoms with Crippen LogP contribution in [0, 0.1) is 6.92 Å². The molecule has 0 fully saturated rings. The molecule has 0 bridgehead atoms. The van der Waals surface area contributed by atoms with E-state index in [9.17, 15) is 13.2 Å². The maximum absolute atomic E-state index is 12.1. The molecule has 1 aromatic rings. The van der Waals surface area contributed by atoms with Crippen molar-refractivity contribution in [3.8, 4) is 0 Å². The van der Waals surface area contributed by atoms with E-state index in [0.717, 1.165) is 12.3 Å². The van der Waals surface area contributed by atoms with Crippen molar-refractivity contribution < 1.29 is 13.2 Å². The van der Waals surface area contributed by atoms with Gasteiger partial charge in [0, 0.05) is 6.20 Å². The highest BCUT2D eigenvalue weighted by molar-refractivity contribution is 6.30. The Balaban J connectivity index is 3.26. The van der Waals surface area contributed by atoms with Gasteiger partial charge in [-0.1, -0.05) is 11.6 Å². The second-order valence-corrected chi connectivity index (χ2v) is 2.63. The topological polar surface area (TPSA) is 12.9 Å². The lowest BCUT2D eigenvalue weighted by Gasteiger charge is -2.09. The summed E-state index contributed by atoms with van der Waals surface area (Å²) in [5, 5.41) is -0.107. The predicted molar refractivity (Wildman–Crippen MR) is 39.0 cm³/mol. The number of hydrogen-bond donors (Lipinski definition) is 0. The van der Waals surface area contributed by atoms with Crippen LogP contribution >= 0.6 is 11.6 Å². The van der Waals surface area contributed by atoms with Crippen LogP contribution in [0.15, 0.2) is 12.3 Å². The minimum absolute atomic E-state index is 0.0355. The number of hydrogen-bond acceptors (Lipinski definition) is 1. The average molecular weight is 196 g/mol. The summed E-state index contributed by atoms with van der Waals surface area (Å²) in [5.41, 5.74) is -0.769. The van der Waals surface area contributed by atoms with E-state index < -0.39 is 11.7 Å². The number of alkyl halides is 3. The molecule has 1 nitrogen and oxygen atoms in total. The molecular formula is C7H5ClF3N. The first kappa shape index (κ1) is 9.32. The molecule has 1 rings (SSSR count). The SMILES string of the molecule is Cc1c(C(F)(F)F)ccnc1Cl. The smallest absolute Gasteiger partial charge is 0.244 e. The zero-order valence-electron chi connectivity index (χ0n) is 6.11. The van der Waals surface area contributed by atoms with E-state index >= 15 is 0 Å². The molecule has 0 aliphatic heterocycles. The van der Waals surface area contributed by atoms with E-state index in [1.807, 2.05) is 0 Å². The molecule has 5 heteroatoms. The lowest BCUT2D eigenvalue weighted by molar-refractivity contribution is -0.138. The molecule has 0 aliphatic carbocycles. The van der Waals surface area contributed by atoms with Gasteiger partial charge in [-0.3, -0.25) is 0 Å². The number of pyridine rings is 1. The fourth-order valence-electron chi connectivity index (χ4n) is 0.817. The van der Waals surface area contributed by atoms with E-state index in [0.29, 0.717) is 0 Å². The number of aromatic nitrogens is 1. The zero-order valence-corrected chi connectivity index (χ0v) is 6.87. The highest BCUT2D eigenvalue weighted by Gasteiger charge is 2.32. The Morgan fingerprint density at radius 1 is 1.42 bits per heavy atom. The Kier molecular flexibility index (Phi) is 2.28. The predicted octanol–water partition coefficient (Wildman–Crippen LogP) is 3.06. The summed E-state index contributed by atoms with van der Waals surface area (Å²) in [6.45, 7) is 1.29. The van der Waals surface area contributed by atoms with Crippen molar-refractivity contribution in [3.05, 3.63) is 28.5 Å². The van der Waals surface area contributed by atoms with Gasteiger partial charge in [0.2, 0.25) is 0 Å². The van der Waals surface area contributed by atoms with Crippen molar-refractivity contribution in [1.82, 2.24) is 4.98 Å². The van der Waals surface area contributed by atoms with Crippen LogP contribution in [0.3, 0.4) is 0 Å². The summed E-state index contributed by atoms with van der Waals surface area (Å²) in [4.78, 5) is 3.52. The van der Waals surface area contributed by atoms with Gasteiger partial charge >= 0.3 is 6.18 Å². The van der Waals surface area contributed by atoms with Crippen molar-refractivity contribution >= 4 is 11.6 Å². The third-order valence-electron chi connectivity index (χ3n) is 1.45. The monoisotopic (exact) mass is 195 g/mol. The molecule has 1 heterocycles. The molecular weight excluding hydrogens is 191 g/mol. The van der Waals surface area contributed by atoms with Crippen molar-refractivity contribution in [2.45, 2.75) is 13.1 Å². The van der Waals surface area contributed by atoms with E-state index in [-0.39, 0.29) is 10.7 Å². The van der Waals surface area contributed by atoms with Crippen LogP contribution in [0.2, 0.25) is 5.15 Å². The van der Waals surface area contributed by atoms with Crippen LogP contribution in [-0.2, 0) is 6.18 Å². The van der Waals surface area contributed by atoms with Crippen molar-refractivity contribution in [3.63, 3.8) is 0 Å². The molecule has 0 aromatic carbocycles. The highest BCUT2D eigenvalue weighted by atomic mass is 35.5. The molecule has 0 spiro atoms. The van der Waals surface area contributed by atoms with Gasteiger partial charge in [0.25, 0.3) is 0 Å². The van der Waals surface area contributed by atoms with Gasteiger partial charge in [0.05, 0.1) is 5.56 Å². The van der Waals surface area contributed by atoms with Gasteiger partial charge in [-0.05, 0) is 18.6 Å². The van der Waals surface area contributed by atoms with Crippen molar-refractivity contribution in [1.29, 1.82) is 0 Å². The van der Waals surface area contributed by atoms with Gasteiger partial charge in [0.15, 0.2) is 0 Å². The Morgan fingerprint density at radius 2 is 2.00 bits per heavy atom. The molecule has 0 atom stereocenters. The molecule has 0 N–H and O–H groups in total. The van der Waals surface area contributed by atoms with Crippen LogP contribution in [0.1, 0.15) is 11.1 Å². The van der Waals surface area contributed by atoms with E-state index in [2.05, 4.69) is 4.98 Å². The Bertz CT molecular complexity index is 295. The Morgan fingerprint density at radius 3 is 2.42 bits per heavy atom. The fourth-order valence-corrected chi connectivity index (χ4v) is 0.975. The van der Waals surface area contributed by atoms with Gasteiger partial charge in [-0.15, -0.1) is 0 Å². The largest absolute Gasteiger partial charge is 0.416 e. The lowest BCUT2D eigenvalue weighted by Crippen LogP contribution is -2.07. The lowest BCUT2D eigenvalue weighted by atomic mass is 10.1. The van der Waals surface area contributed by atoms with Crippen LogP contribution in [-0.4, -0.2) is 4.98 Å². The first-order chi connectivity index (χ1) is 5.43. The minimum atomic E-state index is -4.35. The van der Waals surface area contributed by atoms with Gasteiger partial charge < -0.3 is 0 Å². The molecule has 66 valence electrons. The van der Waals surface area contributed by atoms with Crippen LogP contribution in [0.4, 0.5) is 13.2 Å². The average Bonchev–Trinajstić information content (AvgIpc) is 1.92. The standard InChI is InChI=1S/C7H5ClF3N/c1-4-5(7(9,10)11)2-3-12-6(4)8/h2-3H,1H3. The summed E-state index contributed by atoms with van der Waals surface area (Å²) < 4.78 is 36.4. The third kappa shape index (κ3) is 1.69. The quantitative estimate of drug-likeness (QED) is 0.580. The first-order valence-corrected chi connectivity index (χ1v) is 3.49. The number of rotatable bonds is 0. The summed E-state index contributed by atoms with van der Waals surface area (Å²) in [6.07, 6.45) is -3.31. The summed E-state index contributed by atoms with van der Waals surface area (Å²) in [7, 11) is 0. The zero-order chi connectivity index (χ0) is 9.35. The van der Waals surface area contributed by atoms with E-state index in [1.54, 1.807) is 0 Å². The van der Waals surface area contributed by atoms with Gasteiger partial charge in [0.1, 0.15) is 5.15 Å².